The molecule has 0 amide bonds. The predicted octanol–water partition coefficient (Wildman–Crippen LogP) is 4.04. The Morgan fingerprint density at radius 3 is 2.47 bits per heavy atom. The van der Waals surface area contributed by atoms with E-state index in [-0.39, 0.29) is 0 Å². The summed E-state index contributed by atoms with van der Waals surface area (Å²) >= 11 is 0. The van der Waals surface area contributed by atoms with Crippen LogP contribution in [-0.4, -0.2) is 24.9 Å². The van der Waals surface area contributed by atoms with Crippen molar-refractivity contribution in [1.82, 2.24) is 0 Å². The Kier molecular flexibility index (Phi) is 4.13. The fourth-order valence-electron chi connectivity index (χ4n) is 1.62. The molecule has 1 heterocycles. The zero-order chi connectivity index (χ0) is 12.3. The quantitative estimate of drug-likeness (QED) is 0.449. The third-order valence-electron chi connectivity index (χ3n) is 2.38. The molecule has 3 heteroatoms. The van der Waals surface area contributed by atoms with Gasteiger partial charge < -0.3 is 0 Å². The van der Waals surface area contributed by atoms with Gasteiger partial charge in [-0.25, -0.2) is 4.58 Å². The Morgan fingerprint density at radius 1 is 1.12 bits per heavy atom. The predicted molar refractivity (Wildman–Crippen MR) is 80.5 cm³/mol. The zero-order valence-electron chi connectivity index (χ0n) is 10.3. The molecule has 0 aromatic heterocycles. The normalized spacial score (nSPS) is 17.7. The van der Waals surface area contributed by atoms with Crippen LogP contribution in [-0.2, 0) is 0 Å². The molecule has 17 heavy (non-hydrogen) atoms. The van der Waals surface area contributed by atoms with E-state index in [1.54, 1.807) is 0 Å². The van der Waals surface area contributed by atoms with E-state index in [2.05, 4.69) is 68.2 Å². The minimum absolute atomic E-state index is 1.30. The highest BCUT2D eigenvalue weighted by Crippen LogP contribution is 2.50. The first-order valence-electron chi connectivity index (χ1n) is 5.50. The molecule has 0 saturated heterocycles. The summed E-state index contributed by atoms with van der Waals surface area (Å²) in [6.07, 6.45) is 4.44. The van der Waals surface area contributed by atoms with E-state index in [4.69, 9.17) is 0 Å². The molecule has 1 aromatic rings. The van der Waals surface area contributed by atoms with E-state index in [1.165, 1.54) is 20.9 Å². The lowest BCUT2D eigenvalue weighted by Crippen LogP contribution is -1.99. The molecule has 88 valence electrons. The summed E-state index contributed by atoms with van der Waals surface area (Å²) in [5.74, 6) is 0. The second-order valence-electron chi connectivity index (χ2n) is 4.18. The lowest BCUT2D eigenvalue weighted by molar-refractivity contribution is -0.459. The highest BCUT2D eigenvalue weighted by molar-refractivity contribution is 8.82. The first kappa shape index (κ1) is 12.5. The smallest absolute Gasteiger partial charge is 0.166 e. The molecule has 0 N–H and O–H groups in total. The molecule has 1 aromatic carbocycles. The van der Waals surface area contributed by atoms with E-state index >= 15 is 0 Å². The summed E-state index contributed by atoms with van der Waals surface area (Å²) in [5.41, 5.74) is 2.62. The Bertz CT molecular complexity index is 494. The van der Waals surface area contributed by atoms with Crippen molar-refractivity contribution in [2.75, 3.05) is 14.1 Å². The molecule has 0 fully saturated rings. The molecular formula is C14H16NS2+. The molecule has 0 aliphatic carbocycles. The fraction of sp³-hybridized carbons (Fsp3) is 0.214. The third-order valence-corrected chi connectivity index (χ3v) is 4.95. The number of benzene rings is 1. The van der Waals surface area contributed by atoms with Crippen molar-refractivity contribution in [1.29, 1.82) is 0 Å². The highest BCUT2D eigenvalue weighted by atomic mass is 33.1. The number of nitrogens with zero attached hydrogens (tertiary/aromatic N) is 1. The molecule has 0 unspecified atom stereocenters. The van der Waals surface area contributed by atoms with Crippen molar-refractivity contribution in [2.45, 2.75) is 6.92 Å². The summed E-state index contributed by atoms with van der Waals surface area (Å²) in [6.45, 7) is 2.16. The van der Waals surface area contributed by atoms with Crippen LogP contribution in [0.15, 0.2) is 46.9 Å². The van der Waals surface area contributed by atoms with Gasteiger partial charge in [0.1, 0.15) is 14.1 Å². The first-order valence-corrected chi connectivity index (χ1v) is 7.65. The topological polar surface area (TPSA) is 3.01 Å². The molecule has 1 nitrogen and oxygen atoms in total. The molecule has 0 saturated carbocycles. The number of allylic oxidation sites excluding steroid dienone is 2. The highest BCUT2D eigenvalue weighted by Gasteiger charge is 2.15. The van der Waals surface area contributed by atoms with Crippen LogP contribution >= 0.6 is 21.6 Å². The molecule has 2 rings (SSSR count). The number of rotatable bonds is 2. The van der Waals surface area contributed by atoms with Gasteiger partial charge in [-0.3, -0.25) is 0 Å². The third kappa shape index (κ3) is 3.27. The van der Waals surface area contributed by atoms with Crippen LogP contribution in [0.1, 0.15) is 12.5 Å². The maximum Gasteiger partial charge on any atom is 0.166 e. The average Bonchev–Trinajstić information content (AvgIpc) is 2.78. The van der Waals surface area contributed by atoms with Gasteiger partial charge in [-0.15, -0.1) is 0 Å². The summed E-state index contributed by atoms with van der Waals surface area (Å²) < 4.78 is 2.09. The summed E-state index contributed by atoms with van der Waals surface area (Å²) in [4.78, 5) is 2.69. The van der Waals surface area contributed by atoms with E-state index in [9.17, 15) is 0 Å². The maximum absolute atomic E-state index is 2.28. The van der Waals surface area contributed by atoms with Gasteiger partial charge >= 0.3 is 0 Å². The van der Waals surface area contributed by atoms with E-state index in [0.29, 0.717) is 0 Å². The molecule has 0 atom stereocenters. The Morgan fingerprint density at radius 2 is 1.82 bits per heavy atom. The van der Waals surface area contributed by atoms with E-state index in [1.807, 2.05) is 21.6 Å². The second-order valence-corrected chi connectivity index (χ2v) is 6.39. The van der Waals surface area contributed by atoms with Crippen LogP contribution in [0, 0.1) is 0 Å². The first-order chi connectivity index (χ1) is 8.16. The Labute approximate surface area is 111 Å². The minimum atomic E-state index is 1.30. The van der Waals surface area contributed by atoms with Gasteiger partial charge in [0.2, 0.25) is 0 Å². The summed E-state index contributed by atoms with van der Waals surface area (Å²) in [7, 11) is 7.79. The van der Waals surface area contributed by atoms with Crippen molar-refractivity contribution in [3.8, 4) is 0 Å². The van der Waals surface area contributed by atoms with Gasteiger partial charge in [0, 0.05) is 15.4 Å². The zero-order valence-corrected chi connectivity index (χ0v) is 11.9. The van der Waals surface area contributed by atoms with Crippen LogP contribution < -0.4 is 0 Å². The van der Waals surface area contributed by atoms with Gasteiger partial charge in [0.25, 0.3) is 0 Å². The fourth-order valence-corrected chi connectivity index (χ4v) is 4.13. The number of hydrogen-bond acceptors (Lipinski definition) is 2. The molecule has 1 aliphatic rings. The molecule has 1 aliphatic heterocycles. The monoisotopic (exact) mass is 262 g/mol. The van der Waals surface area contributed by atoms with Crippen molar-refractivity contribution in [2.24, 2.45) is 0 Å². The van der Waals surface area contributed by atoms with Gasteiger partial charge in [-0.2, -0.15) is 0 Å². The standard InChI is InChI=1S/C14H16NS2/c1-11(10-15(2)3)13-9-14(17-16-13)12-7-5-4-6-8-12/h4-10H,1-3H3/q+1/b13-11-. The van der Waals surface area contributed by atoms with Crippen molar-refractivity contribution < 1.29 is 4.58 Å². The van der Waals surface area contributed by atoms with Crippen LogP contribution in [0.5, 0.6) is 0 Å². The van der Waals surface area contributed by atoms with Gasteiger partial charge in [-0.05, 0) is 18.6 Å². The van der Waals surface area contributed by atoms with Gasteiger partial charge in [0.15, 0.2) is 6.21 Å². The van der Waals surface area contributed by atoms with Crippen LogP contribution in [0.25, 0.3) is 4.91 Å². The molecular weight excluding hydrogens is 246 g/mol. The molecule has 0 spiro atoms. The SMILES string of the molecule is C/C(C=[N+](C)C)=C1\C=C(c2ccccc2)SS1. The van der Waals surface area contributed by atoms with Crippen LogP contribution in [0.3, 0.4) is 0 Å². The number of hydrogen-bond donors (Lipinski definition) is 0. The van der Waals surface area contributed by atoms with E-state index in [0.717, 1.165) is 0 Å². The molecule has 0 bridgehead atoms. The molecule has 0 radical (unpaired) electrons. The summed E-state index contributed by atoms with van der Waals surface area (Å²) in [5, 5.41) is 0. The Hall–Kier alpha value is -0.930. The average molecular weight is 262 g/mol. The van der Waals surface area contributed by atoms with Crippen molar-refractivity contribution in [3.63, 3.8) is 0 Å². The van der Waals surface area contributed by atoms with Crippen molar-refractivity contribution in [3.05, 3.63) is 52.4 Å². The lowest BCUT2D eigenvalue weighted by atomic mass is 10.2. The van der Waals surface area contributed by atoms with Crippen molar-refractivity contribution >= 4 is 32.7 Å². The van der Waals surface area contributed by atoms with Crippen LogP contribution in [0.2, 0.25) is 0 Å². The Balaban J connectivity index is 2.29. The largest absolute Gasteiger partial charge is 0.241 e. The minimum Gasteiger partial charge on any atom is -0.241 e. The van der Waals surface area contributed by atoms with E-state index < -0.39 is 0 Å². The maximum atomic E-state index is 2.28. The van der Waals surface area contributed by atoms with Crippen LogP contribution in [0.4, 0.5) is 0 Å². The summed E-state index contributed by atoms with van der Waals surface area (Å²) in [6, 6.07) is 10.5. The van der Waals surface area contributed by atoms with Gasteiger partial charge in [0.05, 0.1) is 0 Å². The second kappa shape index (κ2) is 5.61. The lowest BCUT2D eigenvalue weighted by Gasteiger charge is -1.97. The van der Waals surface area contributed by atoms with Gasteiger partial charge in [-0.1, -0.05) is 51.9 Å².